The van der Waals surface area contributed by atoms with Crippen LogP contribution in [-0.2, 0) is 11.3 Å². The number of aromatic nitrogens is 5. The van der Waals surface area contributed by atoms with Crippen LogP contribution in [0.25, 0.3) is 22.2 Å². The molecule has 11 heteroatoms. The molecule has 0 bridgehead atoms. The molecule has 3 aromatic heterocycles. The summed E-state index contributed by atoms with van der Waals surface area (Å²) < 4.78 is 7.55. The van der Waals surface area contributed by atoms with Gasteiger partial charge in [-0.1, -0.05) is 11.6 Å². The lowest BCUT2D eigenvalue weighted by Crippen LogP contribution is -2.50. The molecule has 2 N–H and O–H groups in total. The standard InChI is InChI=1S/C30H37ClN8O2/c1-19(37-9-11-38(12-10-37)29(40)41-30(2,3)4)21-7-8-32-26(15-21)35-28-34-25-14-22(13-24(31)27(25)36-28)23-16-33-39(18-23)17-20-5-6-20/h7-8,13-16,18-20H,5-6,9-12,17H2,1-4H3,(H2,32,34,35,36). The van der Waals surface area contributed by atoms with E-state index in [1.807, 2.05) is 49.8 Å². The van der Waals surface area contributed by atoms with E-state index >= 15 is 0 Å². The van der Waals surface area contributed by atoms with Crippen molar-refractivity contribution in [3.63, 3.8) is 0 Å². The highest BCUT2D eigenvalue weighted by molar-refractivity contribution is 6.35. The molecule has 1 amide bonds. The van der Waals surface area contributed by atoms with E-state index in [-0.39, 0.29) is 12.1 Å². The zero-order chi connectivity index (χ0) is 28.7. The van der Waals surface area contributed by atoms with Gasteiger partial charge in [-0.3, -0.25) is 9.58 Å². The van der Waals surface area contributed by atoms with Gasteiger partial charge in [0, 0.05) is 56.7 Å². The number of ether oxygens (including phenoxy) is 1. The van der Waals surface area contributed by atoms with Crippen LogP contribution in [0, 0.1) is 5.92 Å². The number of fused-ring (bicyclic) bond motifs is 1. The van der Waals surface area contributed by atoms with E-state index in [9.17, 15) is 4.79 Å². The Hall–Kier alpha value is -3.63. The lowest BCUT2D eigenvalue weighted by molar-refractivity contribution is 0.0110. The van der Waals surface area contributed by atoms with Crippen LogP contribution in [0.3, 0.4) is 0 Å². The molecule has 0 spiro atoms. The van der Waals surface area contributed by atoms with Crippen LogP contribution in [0.15, 0.2) is 42.9 Å². The normalized spacial score (nSPS) is 17.1. The minimum absolute atomic E-state index is 0.160. The summed E-state index contributed by atoms with van der Waals surface area (Å²) in [6.45, 7) is 11.6. The maximum absolute atomic E-state index is 12.4. The molecule has 4 heterocycles. The molecule has 4 aromatic rings. The van der Waals surface area contributed by atoms with Crippen molar-refractivity contribution in [3.8, 4) is 11.1 Å². The first-order chi connectivity index (χ1) is 19.6. The first kappa shape index (κ1) is 27.5. The second-order valence-corrected chi connectivity index (χ2v) is 12.5. The zero-order valence-electron chi connectivity index (χ0n) is 24.0. The number of hydrogen-bond acceptors (Lipinski definition) is 7. The number of piperazine rings is 1. The molecule has 1 saturated carbocycles. The summed E-state index contributed by atoms with van der Waals surface area (Å²) in [5.74, 6) is 2.03. The Morgan fingerprint density at radius 1 is 1.17 bits per heavy atom. The van der Waals surface area contributed by atoms with Gasteiger partial charge in [-0.15, -0.1) is 0 Å². The van der Waals surface area contributed by atoms with Gasteiger partial charge in [0.2, 0.25) is 5.95 Å². The largest absolute Gasteiger partial charge is 0.444 e. The highest BCUT2D eigenvalue weighted by atomic mass is 35.5. The van der Waals surface area contributed by atoms with E-state index in [1.54, 1.807) is 11.1 Å². The fraction of sp³-hybridized carbons (Fsp3) is 0.467. The summed E-state index contributed by atoms with van der Waals surface area (Å²) in [4.78, 5) is 29.2. The Morgan fingerprint density at radius 3 is 2.68 bits per heavy atom. The molecule has 0 radical (unpaired) electrons. The Balaban J connectivity index is 1.12. The van der Waals surface area contributed by atoms with Crippen molar-refractivity contribution in [1.82, 2.24) is 34.5 Å². The topological polar surface area (TPSA) is 104 Å². The molecule has 10 nitrogen and oxygen atoms in total. The third-order valence-corrected chi connectivity index (χ3v) is 7.96. The Kier molecular flexibility index (Phi) is 7.37. The number of imidazole rings is 1. The van der Waals surface area contributed by atoms with Crippen LogP contribution >= 0.6 is 11.6 Å². The van der Waals surface area contributed by atoms with E-state index in [0.29, 0.717) is 35.4 Å². The summed E-state index contributed by atoms with van der Waals surface area (Å²) >= 11 is 6.65. The number of H-pyrrole nitrogens is 1. The van der Waals surface area contributed by atoms with Gasteiger partial charge < -0.3 is 19.9 Å². The van der Waals surface area contributed by atoms with Crippen LogP contribution in [0.5, 0.6) is 0 Å². The second-order valence-electron chi connectivity index (χ2n) is 12.1. The Morgan fingerprint density at radius 2 is 1.95 bits per heavy atom. The fourth-order valence-electron chi connectivity index (χ4n) is 5.20. The van der Waals surface area contributed by atoms with Gasteiger partial charge in [0.25, 0.3) is 0 Å². The number of benzene rings is 1. The highest BCUT2D eigenvalue weighted by Gasteiger charge is 2.28. The predicted molar refractivity (Wildman–Crippen MR) is 160 cm³/mol. The van der Waals surface area contributed by atoms with Crippen molar-refractivity contribution in [3.05, 3.63) is 53.4 Å². The maximum atomic E-state index is 12.4. The van der Waals surface area contributed by atoms with Gasteiger partial charge >= 0.3 is 6.09 Å². The first-order valence-electron chi connectivity index (χ1n) is 14.3. The quantitative estimate of drug-likeness (QED) is 0.268. The van der Waals surface area contributed by atoms with Gasteiger partial charge in [0.15, 0.2) is 0 Å². The van der Waals surface area contributed by atoms with Crippen molar-refractivity contribution in [2.75, 3.05) is 31.5 Å². The zero-order valence-corrected chi connectivity index (χ0v) is 24.8. The van der Waals surface area contributed by atoms with Crippen LogP contribution in [-0.4, -0.2) is 72.4 Å². The molecule has 1 aromatic carbocycles. The second kappa shape index (κ2) is 11.0. The molecule has 1 saturated heterocycles. The molecule has 6 rings (SSSR count). The number of nitrogens with one attached hydrogen (secondary N) is 2. The monoisotopic (exact) mass is 576 g/mol. The van der Waals surface area contributed by atoms with Gasteiger partial charge in [-0.05, 0) is 81.8 Å². The Labute approximate surface area is 245 Å². The summed E-state index contributed by atoms with van der Waals surface area (Å²) in [7, 11) is 0. The van der Waals surface area contributed by atoms with Crippen LogP contribution in [0.4, 0.5) is 16.6 Å². The van der Waals surface area contributed by atoms with Crippen LogP contribution in [0.1, 0.15) is 52.1 Å². The summed E-state index contributed by atoms with van der Waals surface area (Å²) in [5, 5.41) is 8.42. The van der Waals surface area contributed by atoms with Crippen LogP contribution in [0.2, 0.25) is 5.02 Å². The van der Waals surface area contributed by atoms with Crippen molar-refractivity contribution in [1.29, 1.82) is 0 Å². The molecule has 1 unspecified atom stereocenters. The molecule has 2 fully saturated rings. The van der Waals surface area contributed by atoms with E-state index < -0.39 is 5.60 Å². The van der Waals surface area contributed by atoms with Gasteiger partial charge in [-0.25, -0.2) is 14.8 Å². The number of aromatic amines is 1. The van der Waals surface area contributed by atoms with Crippen molar-refractivity contribution >= 4 is 40.5 Å². The van der Waals surface area contributed by atoms with E-state index in [2.05, 4.69) is 44.5 Å². The van der Waals surface area contributed by atoms with Gasteiger partial charge in [0.1, 0.15) is 16.9 Å². The van der Waals surface area contributed by atoms with Crippen molar-refractivity contribution < 1.29 is 9.53 Å². The van der Waals surface area contributed by atoms with Crippen molar-refractivity contribution in [2.45, 2.75) is 58.7 Å². The number of nitrogens with zero attached hydrogens (tertiary/aromatic N) is 6. The number of anilines is 2. The molecule has 41 heavy (non-hydrogen) atoms. The number of carbonyl (C=O) groups excluding carboxylic acids is 1. The average molecular weight is 577 g/mol. The van der Waals surface area contributed by atoms with Crippen LogP contribution < -0.4 is 5.32 Å². The third kappa shape index (κ3) is 6.49. The smallest absolute Gasteiger partial charge is 0.410 e. The minimum Gasteiger partial charge on any atom is -0.444 e. The number of halogens is 1. The summed E-state index contributed by atoms with van der Waals surface area (Å²) in [6.07, 6.45) is 8.11. The van der Waals surface area contributed by atoms with E-state index in [0.717, 1.165) is 47.8 Å². The van der Waals surface area contributed by atoms with E-state index in [1.165, 1.54) is 12.8 Å². The Bertz CT molecular complexity index is 1550. The predicted octanol–water partition coefficient (Wildman–Crippen LogP) is 6.24. The number of pyridine rings is 1. The molecule has 1 aliphatic carbocycles. The molecular formula is C30H37ClN8O2. The molecule has 1 atom stereocenters. The average Bonchev–Trinajstić information content (AvgIpc) is 3.45. The van der Waals surface area contributed by atoms with Gasteiger partial charge in [0.05, 0.1) is 16.7 Å². The number of amides is 1. The summed E-state index contributed by atoms with van der Waals surface area (Å²) in [5.41, 5.74) is 4.23. The SMILES string of the molecule is CC(c1ccnc(Nc2nc3c(Cl)cc(-c4cnn(CC5CC5)c4)cc3[nH]2)c1)N1CCN(C(=O)OC(C)(C)C)CC1. The lowest BCUT2D eigenvalue weighted by Gasteiger charge is -2.38. The maximum Gasteiger partial charge on any atom is 0.410 e. The minimum atomic E-state index is -0.491. The molecule has 216 valence electrons. The summed E-state index contributed by atoms with van der Waals surface area (Å²) in [6, 6.07) is 8.23. The first-order valence-corrected chi connectivity index (χ1v) is 14.7. The molecule has 1 aliphatic heterocycles. The third-order valence-electron chi connectivity index (χ3n) is 7.68. The van der Waals surface area contributed by atoms with E-state index in [4.69, 9.17) is 21.3 Å². The molecule has 2 aliphatic rings. The van der Waals surface area contributed by atoms with Gasteiger partial charge in [-0.2, -0.15) is 5.10 Å². The molecular weight excluding hydrogens is 540 g/mol. The highest BCUT2D eigenvalue weighted by Crippen LogP contribution is 2.33. The lowest BCUT2D eigenvalue weighted by atomic mass is 10.1. The number of hydrogen-bond donors (Lipinski definition) is 2. The van der Waals surface area contributed by atoms with Crippen molar-refractivity contribution in [2.24, 2.45) is 5.92 Å². The number of carbonyl (C=O) groups is 1. The number of rotatable bonds is 7. The fourth-order valence-corrected chi connectivity index (χ4v) is 5.47.